The van der Waals surface area contributed by atoms with Crippen LogP contribution in [0.4, 0.5) is 0 Å². The van der Waals surface area contributed by atoms with Crippen molar-refractivity contribution < 1.29 is 0 Å². The van der Waals surface area contributed by atoms with Gasteiger partial charge in [-0.1, -0.05) is 18.2 Å². The van der Waals surface area contributed by atoms with Crippen molar-refractivity contribution in [1.82, 2.24) is 10.3 Å². The minimum absolute atomic E-state index is 0.933. The minimum Gasteiger partial charge on any atom is -0.372 e. The summed E-state index contributed by atoms with van der Waals surface area (Å²) in [5, 5.41) is 4.68. The number of H-pyrrole nitrogens is 1. The summed E-state index contributed by atoms with van der Waals surface area (Å²) in [5.41, 5.74) is 3.95. The van der Waals surface area contributed by atoms with E-state index in [2.05, 4.69) is 46.5 Å². The standard InChI is InChI=1S/C14H17N3/c1-10-11(6-7-14-15-8-9-16-14)12-4-2-3-5-13(12)17-10/h2-5,17H,6-9H2,1H3,(H,15,16). The van der Waals surface area contributed by atoms with Crippen LogP contribution < -0.4 is 5.32 Å². The van der Waals surface area contributed by atoms with E-state index in [0.29, 0.717) is 0 Å². The number of benzene rings is 1. The quantitative estimate of drug-likeness (QED) is 0.830. The molecule has 0 spiro atoms. The largest absolute Gasteiger partial charge is 0.372 e. The number of fused-ring (bicyclic) bond motifs is 1. The summed E-state index contributed by atoms with van der Waals surface area (Å²) >= 11 is 0. The summed E-state index contributed by atoms with van der Waals surface area (Å²) in [4.78, 5) is 7.88. The van der Waals surface area contributed by atoms with E-state index in [1.54, 1.807) is 0 Å². The van der Waals surface area contributed by atoms with Gasteiger partial charge in [0.25, 0.3) is 0 Å². The first-order chi connectivity index (χ1) is 8.34. The predicted molar refractivity (Wildman–Crippen MR) is 71.7 cm³/mol. The maximum Gasteiger partial charge on any atom is 0.0967 e. The Hall–Kier alpha value is -1.77. The monoisotopic (exact) mass is 227 g/mol. The lowest BCUT2D eigenvalue weighted by Crippen LogP contribution is -2.18. The lowest BCUT2D eigenvalue weighted by atomic mass is 10.1. The highest BCUT2D eigenvalue weighted by molar-refractivity contribution is 5.87. The Morgan fingerprint density at radius 2 is 2.12 bits per heavy atom. The highest BCUT2D eigenvalue weighted by Gasteiger charge is 2.10. The van der Waals surface area contributed by atoms with Crippen molar-refractivity contribution in [1.29, 1.82) is 0 Å². The van der Waals surface area contributed by atoms with Crippen molar-refractivity contribution in [3.05, 3.63) is 35.5 Å². The molecule has 3 heteroatoms. The van der Waals surface area contributed by atoms with Gasteiger partial charge in [-0.25, -0.2) is 0 Å². The van der Waals surface area contributed by atoms with Crippen LogP contribution in [0, 0.1) is 6.92 Å². The Bertz CT molecular complexity index is 566. The van der Waals surface area contributed by atoms with Crippen molar-refractivity contribution in [3.8, 4) is 0 Å². The Balaban J connectivity index is 1.86. The Labute approximate surface area is 101 Å². The zero-order chi connectivity index (χ0) is 11.7. The second kappa shape index (κ2) is 4.24. The highest BCUT2D eigenvalue weighted by Crippen LogP contribution is 2.23. The molecule has 0 amide bonds. The number of aliphatic imine (C=N–C) groups is 1. The number of nitrogens with zero attached hydrogens (tertiary/aromatic N) is 1. The number of hydrogen-bond acceptors (Lipinski definition) is 2. The molecule has 0 saturated carbocycles. The van der Waals surface area contributed by atoms with E-state index < -0.39 is 0 Å². The van der Waals surface area contributed by atoms with Crippen molar-refractivity contribution in [3.63, 3.8) is 0 Å². The molecular weight excluding hydrogens is 210 g/mol. The van der Waals surface area contributed by atoms with Gasteiger partial charge in [0.1, 0.15) is 0 Å². The fourth-order valence-electron chi connectivity index (χ4n) is 2.51. The van der Waals surface area contributed by atoms with Crippen LogP contribution in [0.1, 0.15) is 17.7 Å². The van der Waals surface area contributed by atoms with Gasteiger partial charge in [0.05, 0.1) is 12.4 Å². The van der Waals surface area contributed by atoms with Crippen molar-refractivity contribution in [2.75, 3.05) is 13.1 Å². The Morgan fingerprint density at radius 3 is 2.94 bits per heavy atom. The third kappa shape index (κ3) is 1.93. The molecule has 0 aliphatic carbocycles. The van der Waals surface area contributed by atoms with Gasteiger partial charge in [-0.05, 0) is 25.0 Å². The summed E-state index contributed by atoms with van der Waals surface area (Å²) in [5.74, 6) is 1.16. The first-order valence-corrected chi connectivity index (χ1v) is 6.18. The number of aryl methyl sites for hydroxylation is 2. The fraction of sp³-hybridized carbons (Fsp3) is 0.357. The topological polar surface area (TPSA) is 40.2 Å². The minimum atomic E-state index is 0.933. The first kappa shape index (κ1) is 10.4. The second-order valence-corrected chi connectivity index (χ2v) is 4.53. The molecule has 2 heterocycles. The van der Waals surface area contributed by atoms with Crippen LogP contribution in [0.2, 0.25) is 0 Å². The molecular formula is C14H17N3. The molecule has 2 N–H and O–H groups in total. The molecule has 0 bridgehead atoms. The van der Waals surface area contributed by atoms with E-state index in [1.165, 1.54) is 22.2 Å². The number of para-hydroxylation sites is 1. The highest BCUT2D eigenvalue weighted by atomic mass is 15.1. The molecule has 3 nitrogen and oxygen atoms in total. The molecule has 1 aliphatic heterocycles. The number of aromatic nitrogens is 1. The van der Waals surface area contributed by atoms with Gasteiger partial charge >= 0.3 is 0 Å². The molecule has 0 radical (unpaired) electrons. The lowest BCUT2D eigenvalue weighted by molar-refractivity contribution is 0.933. The van der Waals surface area contributed by atoms with E-state index >= 15 is 0 Å². The Kier molecular flexibility index (Phi) is 2.59. The van der Waals surface area contributed by atoms with Crippen molar-refractivity contribution >= 4 is 16.7 Å². The van der Waals surface area contributed by atoms with Crippen LogP contribution in [0.15, 0.2) is 29.3 Å². The summed E-state index contributed by atoms with van der Waals surface area (Å²) < 4.78 is 0. The summed E-state index contributed by atoms with van der Waals surface area (Å²) in [7, 11) is 0. The number of amidine groups is 1. The molecule has 1 aromatic heterocycles. The van der Waals surface area contributed by atoms with E-state index in [9.17, 15) is 0 Å². The summed E-state index contributed by atoms with van der Waals surface area (Å²) in [6, 6.07) is 8.50. The molecule has 1 aromatic carbocycles. The SMILES string of the molecule is Cc1[nH]c2ccccc2c1CCC1=NCCN1. The van der Waals surface area contributed by atoms with E-state index in [4.69, 9.17) is 0 Å². The zero-order valence-corrected chi connectivity index (χ0v) is 10.1. The number of hydrogen-bond donors (Lipinski definition) is 2. The molecule has 0 unspecified atom stereocenters. The first-order valence-electron chi connectivity index (χ1n) is 6.18. The van der Waals surface area contributed by atoms with Gasteiger partial charge in [0, 0.05) is 29.6 Å². The van der Waals surface area contributed by atoms with Crippen LogP contribution in [0.25, 0.3) is 10.9 Å². The normalized spacial score (nSPS) is 15.0. The van der Waals surface area contributed by atoms with Gasteiger partial charge in [0.2, 0.25) is 0 Å². The zero-order valence-electron chi connectivity index (χ0n) is 10.1. The maximum atomic E-state index is 4.44. The Morgan fingerprint density at radius 1 is 1.24 bits per heavy atom. The van der Waals surface area contributed by atoms with E-state index in [-0.39, 0.29) is 0 Å². The molecule has 0 fully saturated rings. The number of aromatic amines is 1. The number of nitrogens with one attached hydrogen (secondary N) is 2. The average molecular weight is 227 g/mol. The smallest absolute Gasteiger partial charge is 0.0967 e. The van der Waals surface area contributed by atoms with Gasteiger partial charge in [0.15, 0.2) is 0 Å². The third-order valence-corrected chi connectivity index (χ3v) is 3.38. The maximum absolute atomic E-state index is 4.44. The van der Waals surface area contributed by atoms with Crippen LogP contribution >= 0.6 is 0 Å². The van der Waals surface area contributed by atoms with Crippen LogP contribution in [0.5, 0.6) is 0 Å². The molecule has 2 aromatic rings. The van der Waals surface area contributed by atoms with Gasteiger partial charge < -0.3 is 10.3 Å². The summed E-state index contributed by atoms with van der Waals surface area (Å²) in [6.07, 6.45) is 2.07. The molecule has 3 rings (SSSR count). The van der Waals surface area contributed by atoms with E-state index in [0.717, 1.165) is 31.8 Å². The van der Waals surface area contributed by atoms with Gasteiger partial charge in [-0.15, -0.1) is 0 Å². The molecule has 1 aliphatic rings. The second-order valence-electron chi connectivity index (χ2n) is 4.53. The molecule has 88 valence electrons. The molecule has 0 saturated heterocycles. The third-order valence-electron chi connectivity index (χ3n) is 3.38. The van der Waals surface area contributed by atoms with Crippen molar-refractivity contribution in [2.24, 2.45) is 4.99 Å². The molecule has 0 atom stereocenters. The lowest BCUT2D eigenvalue weighted by Gasteiger charge is -2.03. The fourth-order valence-corrected chi connectivity index (χ4v) is 2.51. The summed E-state index contributed by atoms with van der Waals surface area (Å²) in [6.45, 7) is 4.09. The van der Waals surface area contributed by atoms with E-state index in [1.807, 2.05) is 0 Å². The van der Waals surface area contributed by atoms with Crippen LogP contribution in [-0.4, -0.2) is 23.9 Å². The van der Waals surface area contributed by atoms with Gasteiger partial charge in [-0.3, -0.25) is 4.99 Å². The predicted octanol–water partition coefficient (Wildman–Crippen LogP) is 2.41. The van der Waals surface area contributed by atoms with Crippen LogP contribution in [0.3, 0.4) is 0 Å². The van der Waals surface area contributed by atoms with Crippen LogP contribution in [-0.2, 0) is 6.42 Å². The average Bonchev–Trinajstić information content (AvgIpc) is 2.93. The van der Waals surface area contributed by atoms with Crippen molar-refractivity contribution in [2.45, 2.75) is 19.8 Å². The molecule has 17 heavy (non-hydrogen) atoms. The van der Waals surface area contributed by atoms with Gasteiger partial charge in [-0.2, -0.15) is 0 Å². The number of rotatable bonds is 3.